The Morgan fingerprint density at radius 1 is 0.889 bits per heavy atom. The van der Waals surface area contributed by atoms with Crippen molar-refractivity contribution in [1.82, 2.24) is 0 Å². The van der Waals surface area contributed by atoms with Crippen LogP contribution in [0.15, 0.2) is 54.6 Å². The molecule has 0 saturated carbocycles. The Balaban J connectivity index is 2.14. The molecule has 2 atom stereocenters. The summed E-state index contributed by atoms with van der Waals surface area (Å²) in [5.41, 5.74) is 2.58. The lowest BCUT2D eigenvalue weighted by molar-refractivity contribution is 0.103. The summed E-state index contributed by atoms with van der Waals surface area (Å²) < 4.78 is 0. The minimum atomic E-state index is -0.366. The molecule has 2 heteroatoms. The Bertz CT molecular complexity index is 676. The second kappa shape index (κ2) is 11.7. The first-order valence-electron chi connectivity index (χ1n) is 10.5. The average molecular weight is 367 g/mol. The maximum atomic E-state index is 13.0. The van der Waals surface area contributed by atoms with Crippen LogP contribution in [0.1, 0.15) is 92.6 Å². The SMILES string of the molecule is CCCCCCCCC(CC(C)O)c1ccccc1C(=O)c1ccccc1. The number of benzene rings is 2. The van der Waals surface area contributed by atoms with E-state index in [1.807, 2.05) is 55.5 Å². The Kier molecular flexibility index (Phi) is 9.27. The minimum absolute atomic E-state index is 0.0738. The van der Waals surface area contributed by atoms with Gasteiger partial charge in [-0.3, -0.25) is 4.79 Å². The summed E-state index contributed by atoms with van der Waals surface area (Å²) >= 11 is 0. The van der Waals surface area contributed by atoms with Crippen LogP contribution in [0.2, 0.25) is 0 Å². The van der Waals surface area contributed by atoms with Crippen LogP contribution < -0.4 is 0 Å². The van der Waals surface area contributed by atoms with Gasteiger partial charge in [-0.15, -0.1) is 0 Å². The molecule has 2 aromatic rings. The van der Waals surface area contributed by atoms with Crippen molar-refractivity contribution in [3.63, 3.8) is 0 Å². The highest BCUT2D eigenvalue weighted by Crippen LogP contribution is 2.31. The third-order valence-corrected chi connectivity index (χ3v) is 5.21. The van der Waals surface area contributed by atoms with Crippen LogP contribution in [-0.2, 0) is 0 Å². The highest BCUT2D eigenvalue weighted by Gasteiger charge is 2.21. The number of carbonyl (C=O) groups is 1. The lowest BCUT2D eigenvalue weighted by atomic mass is 9.84. The van der Waals surface area contributed by atoms with E-state index in [1.54, 1.807) is 0 Å². The Labute approximate surface area is 164 Å². The number of aliphatic hydroxyl groups is 1. The zero-order chi connectivity index (χ0) is 19.5. The van der Waals surface area contributed by atoms with E-state index in [4.69, 9.17) is 0 Å². The number of ketones is 1. The van der Waals surface area contributed by atoms with Gasteiger partial charge < -0.3 is 5.11 Å². The van der Waals surface area contributed by atoms with Crippen LogP contribution in [0, 0.1) is 0 Å². The number of hydrogen-bond acceptors (Lipinski definition) is 2. The average Bonchev–Trinajstić information content (AvgIpc) is 2.69. The molecule has 146 valence electrons. The van der Waals surface area contributed by atoms with Crippen LogP contribution >= 0.6 is 0 Å². The Morgan fingerprint density at radius 2 is 1.52 bits per heavy atom. The monoisotopic (exact) mass is 366 g/mol. The van der Waals surface area contributed by atoms with Crippen molar-refractivity contribution in [2.24, 2.45) is 0 Å². The fraction of sp³-hybridized carbons (Fsp3) is 0.480. The highest BCUT2D eigenvalue weighted by atomic mass is 16.3. The van der Waals surface area contributed by atoms with Crippen LogP contribution in [0.3, 0.4) is 0 Å². The van der Waals surface area contributed by atoms with Crippen molar-refractivity contribution in [3.8, 4) is 0 Å². The summed E-state index contributed by atoms with van der Waals surface area (Å²) in [5.74, 6) is 0.296. The van der Waals surface area contributed by atoms with Crippen molar-refractivity contribution in [2.75, 3.05) is 0 Å². The first-order valence-corrected chi connectivity index (χ1v) is 10.5. The van der Waals surface area contributed by atoms with E-state index < -0.39 is 0 Å². The lowest BCUT2D eigenvalue weighted by Gasteiger charge is -2.22. The van der Waals surface area contributed by atoms with Crippen molar-refractivity contribution < 1.29 is 9.90 Å². The summed E-state index contributed by atoms with van der Waals surface area (Å²) in [6.45, 7) is 4.08. The van der Waals surface area contributed by atoms with E-state index in [-0.39, 0.29) is 17.8 Å². The van der Waals surface area contributed by atoms with Gasteiger partial charge in [0, 0.05) is 11.1 Å². The van der Waals surface area contributed by atoms with Gasteiger partial charge in [-0.25, -0.2) is 0 Å². The molecule has 0 aliphatic rings. The molecule has 0 saturated heterocycles. The van der Waals surface area contributed by atoms with E-state index >= 15 is 0 Å². The van der Waals surface area contributed by atoms with Gasteiger partial charge in [0.05, 0.1) is 6.10 Å². The molecule has 0 fully saturated rings. The maximum absolute atomic E-state index is 13.0. The minimum Gasteiger partial charge on any atom is -0.393 e. The first kappa shape index (κ1) is 21.4. The fourth-order valence-corrected chi connectivity index (χ4v) is 3.79. The number of aliphatic hydroxyl groups excluding tert-OH is 1. The molecule has 0 aromatic heterocycles. The molecule has 2 aromatic carbocycles. The summed E-state index contributed by atoms with van der Waals surface area (Å²) in [4.78, 5) is 13.0. The molecule has 27 heavy (non-hydrogen) atoms. The van der Waals surface area contributed by atoms with Crippen molar-refractivity contribution >= 4 is 5.78 Å². The summed E-state index contributed by atoms with van der Waals surface area (Å²) in [5, 5.41) is 10.0. The molecule has 2 unspecified atom stereocenters. The molecule has 0 heterocycles. The van der Waals surface area contributed by atoms with Gasteiger partial charge in [-0.2, -0.15) is 0 Å². The van der Waals surface area contributed by atoms with Gasteiger partial charge in [0.1, 0.15) is 0 Å². The number of unbranched alkanes of at least 4 members (excludes halogenated alkanes) is 5. The lowest BCUT2D eigenvalue weighted by Crippen LogP contribution is -2.13. The normalized spacial score (nSPS) is 13.3. The number of hydrogen-bond donors (Lipinski definition) is 1. The topological polar surface area (TPSA) is 37.3 Å². The standard InChI is InChI=1S/C25H34O2/c1-3-4-5-6-7-9-16-22(19-20(2)26)23-17-12-13-18-24(23)25(27)21-14-10-8-11-15-21/h8,10-15,17-18,20,22,26H,3-7,9,16,19H2,1-2H3. The summed E-state index contributed by atoms with van der Waals surface area (Å²) in [6, 6.07) is 17.4. The van der Waals surface area contributed by atoms with Crippen molar-refractivity contribution in [2.45, 2.75) is 77.2 Å². The van der Waals surface area contributed by atoms with Crippen molar-refractivity contribution in [1.29, 1.82) is 0 Å². The molecule has 2 nitrogen and oxygen atoms in total. The summed E-state index contributed by atoms with van der Waals surface area (Å²) in [7, 11) is 0. The largest absolute Gasteiger partial charge is 0.393 e. The van der Waals surface area contributed by atoms with Gasteiger partial charge in [-0.05, 0) is 31.2 Å². The Morgan fingerprint density at radius 3 is 2.22 bits per heavy atom. The fourth-order valence-electron chi connectivity index (χ4n) is 3.79. The second-order valence-corrected chi connectivity index (χ2v) is 7.62. The zero-order valence-corrected chi connectivity index (χ0v) is 16.9. The van der Waals surface area contributed by atoms with Crippen LogP contribution in [0.25, 0.3) is 0 Å². The Hall–Kier alpha value is -1.93. The molecular formula is C25H34O2. The quantitative estimate of drug-likeness (QED) is 0.343. The molecule has 0 spiro atoms. The molecule has 0 radical (unpaired) electrons. The molecule has 0 amide bonds. The molecule has 1 N–H and O–H groups in total. The van der Waals surface area contributed by atoms with Gasteiger partial charge in [-0.1, -0.05) is 100 Å². The summed E-state index contributed by atoms with van der Waals surface area (Å²) in [6.07, 6.45) is 8.89. The molecule has 0 aliphatic carbocycles. The molecular weight excluding hydrogens is 332 g/mol. The van der Waals surface area contributed by atoms with Gasteiger partial charge in [0.2, 0.25) is 0 Å². The van der Waals surface area contributed by atoms with Crippen molar-refractivity contribution in [3.05, 3.63) is 71.3 Å². The predicted molar refractivity (Wildman–Crippen MR) is 113 cm³/mol. The van der Waals surface area contributed by atoms with E-state index in [2.05, 4.69) is 13.0 Å². The third-order valence-electron chi connectivity index (χ3n) is 5.21. The van der Waals surface area contributed by atoms with Gasteiger partial charge in [0.15, 0.2) is 5.78 Å². The molecule has 0 bridgehead atoms. The van der Waals surface area contributed by atoms with E-state index in [1.165, 1.54) is 32.1 Å². The third kappa shape index (κ3) is 6.95. The smallest absolute Gasteiger partial charge is 0.193 e. The van der Waals surface area contributed by atoms with E-state index in [0.717, 1.165) is 29.5 Å². The molecule has 0 aliphatic heterocycles. The second-order valence-electron chi connectivity index (χ2n) is 7.62. The predicted octanol–water partition coefficient (Wildman–Crippen LogP) is 6.52. The number of carbonyl (C=O) groups excluding carboxylic acids is 1. The van der Waals surface area contributed by atoms with E-state index in [0.29, 0.717) is 6.42 Å². The van der Waals surface area contributed by atoms with E-state index in [9.17, 15) is 9.90 Å². The van der Waals surface area contributed by atoms with Gasteiger partial charge in [0.25, 0.3) is 0 Å². The highest BCUT2D eigenvalue weighted by molar-refractivity contribution is 6.10. The molecule has 2 rings (SSSR count). The van der Waals surface area contributed by atoms with Crippen LogP contribution in [0.5, 0.6) is 0 Å². The van der Waals surface area contributed by atoms with Gasteiger partial charge >= 0.3 is 0 Å². The zero-order valence-electron chi connectivity index (χ0n) is 16.9. The number of rotatable bonds is 12. The first-order chi connectivity index (χ1) is 13.1. The maximum Gasteiger partial charge on any atom is 0.193 e. The van der Waals surface area contributed by atoms with Crippen LogP contribution in [-0.4, -0.2) is 17.0 Å². The van der Waals surface area contributed by atoms with Crippen LogP contribution in [0.4, 0.5) is 0 Å².